The lowest BCUT2D eigenvalue weighted by Crippen LogP contribution is -2.26. The van der Waals surface area contributed by atoms with Gasteiger partial charge in [0.25, 0.3) is 5.56 Å². The summed E-state index contributed by atoms with van der Waals surface area (Å²) in [6.07, 6.45) is 1.40. The lowest BCUT2D eigenvalue weighted by Gasteiger charge is -2.16. The van der Waals surface area contributed by atoms with Gasteiger partial charge >= 0.3 is 0 Å². The predicted molar refractivity (Wildman–Crippen MR) is 97.5 cm³/mol. The molecule has 25 heavy (non-hydrogen) atoms. The zero-order valence-corrected chi connectivity index (χ0v) is 15.1. The fourth-order valence-corrected chi connectivity index (χ4v) is 2.64. The van der Waals surface area contributed by atoms with E-state index in [1.807, 2.05) is 6.07 Å². The highest BCUT2D eigenvalue weighted by molar-refractivity contribution is 6.30. The largest absolute Gasteiger partial charge is 0.494 e. The molecule has 0 saturated heterocycles. The number of pyridine rings is 1. The Hall–Kier alpha value is -2.78. The van der Waals surface area contributed by atoms with Crippen LogP contribution < -0.4 is 10.3 Å². The number of benzene rings is 1. The van der Waals surface area contributed by atoms with E-state index in [0.717, 1.165) is 0 Å². The monoisotopic (exact) mass is 359 g/mol. The molecule has 0 atom stereocenters. The average molecular weight is 360 g/mol. The topological polar surface area (TPSA) is 87.6 Å². The lowest BCUT2D eigenvalue weighted by atomic mass is 10.1. The third-order valence-electron chi connectivity index (χ3n) is 3.78. The summed E-state index contributed by atoms with van der Waals surface area (Å²) in [7, 11) is 1.51. The summed E-state index contributed by atoms with van der Waals surface area (Å²) in [6, 6.07) is 6.56. The van der Waals surface area contributed by atoms with E-state index in [1.54, 1.807) is 39.0 Å². The van der Waals surface area contributed by atoms with Crippen molar-refractivity contribution in [3.63, 3.8) is 0 Å². The van der Waals surface area contributed by atoms with E-state index in [-0.39, 0.29) is 17.5 Å². The molecule has 0 radical (unpaired) electrons. The van der Waals surface area contributed by atoms with Crippen molar-refractivity contribution in [3.8, 4) is 17.7 Å². The molecule has 2 rings (SSSR count). The first-order valence-corrected chi connectivity index (χ1v) is 7.95. The lowest BCUT2D eigenvalue weighted by molar-refractivity contribution is 0.386. The summed E-state index contributed by atoms with van der Waals surface area (Å²) >= 11 is 5.99. The first-order chi connectivity index (χ1) is 11.8. The van der Waals surface area contributed by atoms with Crippen molar-refractivity contribution < 1.29 is 9.84 Å². The number of nitrogens with zero attached hydrogens (tertiary/aromatic N) is 3. The van der Waals surface area contributed by atoms with Gasteiger partial charge in [-0.05, 0) is 44.5 Å². The fourth-order valence-electron chi connectivity index (χ4n) is 2.47. The molecule has 0 fully saturated rings. The Labute approximate surface area is 150 Å². The molecule has 1 aromatic heterocycles. The number of hydrogen-bond donors (Lipinski definition) is 1. The molecule has 2 aromatic rings. The van der Waals surface area contributed by atoms with Crippen molar-refractivity contribution in [1.29, 1.82) is 5.26 Å². The molecule has 6 nitrogen and oxygen atoms in total. The molecular weight excluding hydrogens is 342 g/mol. The molecule has 1 aromatic carbocycles. The second-order valence-corrected chi connectivity index (χ2v) is 6.13. The quantitative estimate of drug-likeness (QED) is 0.842. The Morgan fingerprint density at radius 3 is 2.68 bits per heavy atom. The van der Waals surface area contributed by atoms with Crippen LogP contribution in [0, 0.1) is 18.3 Å². The molecular formula is C18H18ClN3O3. The Morgan fingerprint density at radius 1 is 1.44 bits per heavy atom. The summed E-state index contributed by atoms with van der Waals surface area (Å²) in [5.41, 5.74) is 0.587. The zero-order valence-electron chi connectivity index (χ0n) is 14.4. The molecule has 0 saturated carbocycles. The Kier molecular flexibility index (Phi) is 5.50. The second-order valence-electron chi connectivity index (χ2n) is 5.69. The number of nitriles is 1. The number of ether oxygens (including phenoxy) is 1. The van der Waals surface area contributed by atoms with Crippen LogP contribution in [-0.4, -0.2) is 23.0 Å². The summed E-state index contributed by atoms with van der Waals surface area (Å²) in [4.78, 5) is 16.7. The smallest absolute Gasteiger partial charge is 0.271 e. The summed E-state index contributed by atoms with van der Waals surface area (Å²) in [5.74, 6) is 0.275. The maximum Gasteiger partial charge on any atom is 0.271 e. The van der Waals surface area contributed by atoms with Gasteiger partial charge in [0.1, 0.15) is 23.1 Å². The van der Waals surface area contributed by atoms with Gasteiger partial charge < -0.3 is 9.84 Å². The highest BCUT2D eigenvalue weighted by Gasteiger charge is 2.19. The number of aliphatic imine (C=N–C) groups is 1. The van der Waals surface area contributed by atoms with Gasteiger partial charge in [-0.3, -0.25) is 14.4 Å². The number of rotatable bonds is 4. The van der Waals surface area contributed by atoms with Crippen LogP contribution in [0.2, 0.25) is 5.02 Å². The molecule has 0 aliphatic carbocycles. The highest BCUT2D eigenvalue weighted by Crippen LogP contribution is 2.31. The fraction of sp³-hybridized carbons (Fsp3) is 0.278. The molecule has 0 aliphatic rings. The minimum atomic E-state index is -0.523. The second kappa shape index (κ2) is 7.41. The Bertz CT molecular complexity index is 940. The van der Waals surface area contributed by atoms with Crippen LogP contribution >= 0.6 is 11.6 Å². The van der Waals surface area contributed by atoms with Gasteiger partial charge in [0, 0.05) is 17.3 Å². The molecule has 0 aliphatic heterocycles. The van der Waals surface area contributed by atoms with Crippen molar-refractivity contribution in [2.24, 2.45) is 4.99 Å². The van der Waals surface area contributed by atoms with E-state index >= 15 is 0 Å². The first-order valence-electron chi connectivity index (χ1n) is 7.57. The van der Waals surface area contributed by atoms with Crippen LogP contribution in [0.1, 0.15) is 36.6 Å². The maximum atomic E-state index is 12.4. The molecule has 0 spiro atoms. The minimum absolute atomic E-state index is 0.0222. The number of aromatic hydroxyl groups is 1. The van der Waals surface area contributed by atoms with E-state index in [4.69, 9.17) is 16.3 Å². The average Bonchev–Trinajstić information content (AvgIpc) is 2.54. The number of hydrogen-bond acceptors (Lipinski definition) is 5. The number of aromatic nitrogens is 1. The predicted octanol–water partition coefficient (Wildman–Crippen LogP) is 3.73. The van der Waals surface area contributed by atoms with Crippen LogP contribution in [0.15, 0.2) is 28.0 Å². The van der Waals surface area contributed by atoms with E-state index in [9.17, 15) is 15.2 Å². The highest BCUT2D eigenvalue weighted by atomic mass is 35.5. The Balaban J connectivity index is 2.69. The van der Waals surface area contributed by atoms with Gasteiger partial charge in [-0.25, -0.2) is 0 Å². The summed E-state index contributed by atoms with van der Waals surface area (Å²) in [6.45, 7) is 5.10. The van der Waals surface area contributed by atoms with Gasteiger partial charge in [0.2, 0.25) is 5.88 Å². The molecule has 7 heteroatoms. The van der Waals surface area contributed by atoms with Gasteiger partial charge in [-0.1, -0.05) is 11.6 Å². The Morgan fingerprint density at radius 2 is 2.12 bits per heavy atom. The molecule has 0 unspecified atom stereocenters. The molecule has 0 bridgehead atoms. The van der Waals surface area contributed by atoms with Gasteiger partial charge in [-0.2, -0.15) is 5.26 Å². The molecule has 0 amide bonds. The van der Waals surface area contributed by atoms with Gasteiger partial charge in [-0.15, -0.1) is 0 Å². The summed E-state index contributed by atoms with van der Waals surface area (Å²) < 4.78 is 6.40. The molecule has 1 N–H and O–H groups in total. The first kappa shape index (κ1) is 18.6. The molecule has 130 valence electrons. The summed E-state index contributed by atoms with van der Waals surface area (Å²) in [5, 5.41) is 20.3. The van der Waals surface area contributed by atoms with Crippen LogP contribution in [0.3, 0.4) is 0 Å². The maximum absolute atomic E-state index is 12.4. The molecule has 1 heterocycles. The third kappa shape index (κ3) is 3.52. The van der Waals surface area contributed by atoms with Gasteiger partial charge in [0.05, 0.1) is 12.7 Å². The van der Waals surface area contributed by atoms with Crippen molar-refractivity contribution in [1.82, 2.24) is 4.57 Å². The minimum Gasteiger partial charge on any atom is -0.494 e. The van der Waals surface area contributed by atoms with Crippen molar-refractivity contribution in [2.45, 2.75) is 26.8 Å². The van der Waals surface area contributed by atoms with E-state index in [1.165, 1.54) is 17.9 Å². The number of methoxy groups -OCH3 is 1. The van der Waals surface area contributed by atoms with Crippen LogP contribution in [0.4, 0.5) is 5.69 Å². The standard InChI is InChI=1S/C18H18ClN3O3/c1-10(2)22-17(23)13(8-20)11(3)14(18(22)24)9-21-15-7-12(19)5-6-16(15)25-4/h5-7,9-10,24H,1-4H3. The normalized spacial score (nSPS) is 11.1. The number of halogens is 1. The van der Waals surface area contributed by atoms with Crippen molar-refractivity contribution in [3.05, 3.63) is 50.3 Å². The van der Waals surface area contributed by atoms with E-state index in [2.05, 4.69) is 4.99 Å². The van der Waals surface area contributed by atoms with Crippen LogP contribution in [0.25, 0.3) is 0 Å². The SMILES string of the molecule is COc1ccc(Cl)cc1N=Cc1c(C)c(C#N)c(=O)n(C(C)C)c1O. The van der Waals surface area contributed by atoms with Crippen molar-refractivity contribution >= 4 is 23.5 Å². The third-order valence-corrected chi connectivity index (χ3v) is 4.02. The van der Waals surface area contributed by atoms with Crippen LogP contribution in [-0.2, 0) is 0 Å². The zero-order chi connectivity index (χ0) is 18.7. The van der Waals surface area contributed by atoms with Crippen molar-refractivity contribution in [2.75, 3.05) is 7.11 Å². The van der Waals surface area contributed by atoms with Crippen LogP contribution in [0.5, 0.6) is 11.6 Å². The van der Waals surface area contributed by atoms with E-state index < -0.39 is 5.56 Å². The van der Waals surface area contributed by atoms with E-state index in [0.29, 0.717) is 27.6 Å². The van der Waals surface area contributed by atoms with Gasteiger partial charge in [0.15, 0.2) is 0 Å².